The zero-order chi connectivity index (χ0) is 12.1. The maximum absolute atomic E-state index is 9.42. The average molecular weight is 262 g/mol. The molecule has 0 aliphatic rings. The van der Waals surface area contributed by atoms with Crippen molar-refractivity contribution in [3.63, 3.8) is 0 Å². The number of phenols is 1. The maximum Gasteiger partial charge on any atom is 0.152 e. The molecular formula is C12H17Cl2NO. The first-order valence-electron chi connectivity index (χ1n) is 5.49. The van der Waals surface area contributed by atoms with E-state index >= 15 is 0 Å². The Hall–Kier alpha value is -0.440. The van der Waals surface area contributed by atoms with Crippen molar-refractivity contribution >= 4 is 23.2 Å². The van der Waals surface area contributed by atoms with Crippen molar-refractivity contribution in [1.82, 2.24) is 0 Å². The van der Waals surface area contributed by atoms with Gasteiger partial charge in [-0.25, -0.2) is 0 Å². The molecule has 16 heavy (non-hydrogen) atoms. The number of phenolic OH excluding ortho intramolecular Hbond substituents is 1. The molecule has 1 aromatic carbocycles. The summed E-state index contributed by atoms with van der Waals surface area (Å²) in [7, 11) is 0. The normalized spacial score (nSPS) is 12.8. The molecule has 0 saturated heterocycles. The van der Waals surface area contributed by atoms with Crippen LogP contribution < -0.4 is 5.73 Å². The van der Waals surface area contributed by atoms with E-state index in [1.54, 1.807) is 12.1 Å². The number of rotatable bonds is 5. The van der Waals surface area contributed by atoms with E-state index in [1.807, 2.05) is 0 Å². The fraction of sp³-hybridized carbons (Fsp3) is 0.500. The molecule has 1 aromatic rings. The molecular weight excluding hydrogens is 245 g/mol. The van der Waals surface area contributed by atoms with Crippen LogP contribution in [0.3, 0.4) is 0 Å². The summed E-state index contributed by atoms with van der Waals surface area (Å²) in [5, 5.41) is 9.94. The van der Waals surface area contributed by atoms with E-state index < -0.39 is 0 Å². The second-order valence-electron chi connectivity index (χ2n) is 3.94. The highest BCUT2D eigenvalue weighted by atomic mass is 35.5. The van der Waals surface area contributed by atoms with Gasteiger partial charge in [-0.3, -0.25) is 0 Å². The molecule has 90 valence electrons. The van der Waals surface area contributed by atoms with Crippen molar-refractivity contribution in [2.75, 3.05) is 0 Å². The highest BCUT2D eigenvalue weighted by Crippen LogP contribution is 2.34. The molecule has 0 aliphatic heterocycles. The lowest BCUT2D eigenvalue weighted by Crippen LogP contribution is -2.10. The fourth-order valence-corrected chi connectivity index (χ4v) is 2.08. The number of aromatic hydroxyl groups is 1. The highest BCUT2D eigenvalue weighted by Gasteiger charge is 2.11. The number of hydrogen-bond acceptors (Lipinski definition) is 2. The molecule has 2 nitrogen and oxygen atoms in total. The van der Waals surface area contributed by atoms with Gasteiger partial charge in [-0.2, -0.15) is 0 Å². The number of unbranched alkanes of at least 4 members (excludes halogenated alkanes) is 2. The Kier molecular flexibility index (Phi) is 5.39. The Bertz CT molecular complexity index is 332. The monoisotopic (exact) mass is 261 g/mol. The third-order valence-electron chi connectivity index (χ3n) is 2.59. The number of nitrogens with two attached hydrogens (primary N) is 1. The largest absolute Gasteiger partial charge is 0.505 e. The van der Waals surface area contributed by atoms with Gasteiger partial charge in [0, 0.05) is 6.04 Å². The number of hydrogen-bond donors (Lipinski definition) is 2. The Morgan fingerprint density at radius 1 is 1.25 bits per heavy atom. The first-order valence-corrected chi connectivity index (χ1v) is 6.25. The Morgan fingerprint density at radius 2 is 1.81 bits per heavy atom. The SMILES string of the molecule is CCCCC[C@@H](N)c1cc(Cl)c(O)c(Cl)c1. The van der Waals surface area contributed by atoms with Gasteiger partial charge in [-0.15, -0.1) is 0 Å². The van der Waals surface area contributed by atoms with Gasteiger partial charge in [0.1, 0.15) is 0 Å². The maximum atomic E-state index is 9.42. The molecule has 1 atom stereocenters. The molecule has 0 fully saturated rings. The predicted molar refractivity (Wildman–Crippen MR) is 69.2 cm³/mol. The van der Waals surface area contributed by atoms with Gasteiger partial charge in [0.05, 0.1) is 10.0 Å². The Balaban J connectivity index is 2.72. The molecule has 0 unspecified atom stereocenters. The van der Waals surface area contributed by atoms with Crippen molar-refractivity contribution in [1.29, 1.82) is 0 Å². The highest BCUT2D eigenvalue weighted by molar-refractivity contribution is 6.37. The summed E-state index contributed by atoms with van der Waals surface area (Å²) in [5.74, 6) is -0.0761. The predicted octanol–water partition coefficient (Wildman–Crippen LogP) is 4.28. The van der Waals surface area contributed by atoms with Gasteiger partial charge in [-0.1, -0.05) is 49.4 Å². The quantitative estimate of drug-likeness (QED) is 0.778. The molecule has 1 rings (SSSR count). The van der Waals surface area contributed by atoms with Crippen LogP contribution in [0.1, 0.15) is 44.2 Å². The van der Waals surface area contributed by atoms with Crippen molar-refractivity contribution in [2.24, 2.45) is 5.73 Å². The van der Waals surface area contributed by atoms with Gasteiger partial charge in [-0.05, 0) is 24.1 Å². The second-order valence-corrected chi connectivity index (χ2v) is 4.75. The van der Waals surface area contributed by atoms with Crippen LogP contribution in [0.4, 0.5) is 0 Å². The van der Waals surface area contributed by atoms with E-state index in [2.05, 4.69) is 6.92 Å². The van der Waals surface area contributed by atoms with Crippen LogP contribution in [0.25, 0.3) is 0 Å². The second kappa shape index (κ2) is 6.33. The van der Waals surface area contributed by atoms with Gasteiger partial charge >= 0.3 is 0 Å². The summed E-state index contributed by atoms with van der Waals surface area (Å²) < 4.78 is 0. The van der Waals surface area contributed by atoms with Crippen molar-refractivity contribution in [3.05, 3.63) is 27.7 Å². The molecule has 0 saturated carbocycles. The molecule has 0 amide bonds. The molecule has 0 bridgehead atoms. The minimum absolute atomic E-state index is 0.0675. The zero-order valence-electron chi connectivity index (χ0n) is 9.34. The Labute approximate surface area is 106 Å². The lowest BCUT2D eigenvalue weighted by atomic mass is 10.0. The average Bonchev–Trinajstić information content (AvgIpc) is 2.25. The van der Waals surface area contributed by atoms with Crippen LogP contribution in [0, 0.1) is 0 Å². The van der Waals surface area contributed by atoms with Crippen LogP contribution in [-0.4, -0.2) is 5.11 Å². The summed E-state index contributed by atoms with van der Waals surface area (Å²) in [6.45, 7) is 2.15. The number of halogens is 2. The molecule has 0 spiro atoms. The zero-order valence-corrected chi connectivity index (χ0v) is 10.9. The van der Waals surface area contributed by atoms with Crippen LogP contribution >= 0.6 is 23.2 Å². The van der Waals surface area contributed by atoms with E-state index in [0.29, 0.717) is 0 Å². The van der Waals surface area contributed by atoms with Crippen LogP contribution in [0.5, 0.6) is 5.75 Å². The van der Waals surface area contributed by atoms with Crippen molar-refractivity contribution in [2.45, 2.75) is 38.6 Å². The van der Waals surface area contributed by atoms with Crippen LogP contribution in [-0.2, 0) is 0 Å². The molecule has 4 heteroatoms. The summed E-state index contributed by atoms with van der Waals surface area (Å²) in [6, 6.07) is 3.29. The molecule has 0 aliphatic carbocycles. The molecule has 3 N–H and O–H groups in total. The van der Waals surface area contributed by atoms with E-state index in [-0.39, 0.29) is 21.8 Å². The molecule has 0 aromatic heterocycles. The summed E-state index contributed by atoms with van der Waals surface area (Å²) >= 11 is 11.7. The lowest BCUT2D eigenvalue weighted by molar-refractivity contribution is 0.475. The fourth-order valence-electron chi connectivity index (χ4n) is 1.58. The lowest BCUT2D eigenvalue weighted by Gasteiger charge is -2.13. The van der Waals surface area contributed by atoms with E-state index in [0.717, 1.165) is 18.4 Å². The topological polar surface area (TPSA) is 46.2 Å². The van der Waals surface area contributed by atoms with E-state index in [4.69, 9.17) is 28.9 Å². The summed E-state index contributed by atoms with van der Waals surface area (Å²) in [6.07, 6.45) is 4.34. The third-order valence-corrected chi connectivity index (χ3v) is 3.16. The van der Waals surface area contributed by atoms with Crippen LogP contribution in [0.2, 0.25) is 10.0 Å². The standard InChI is InChI=1S/C12H17Cl2NO/c1-2-3-4-5-11(15)8-6-9(13)12(16)10(14)7-8/h6-7,11,16H,2-5,15H2,1H3/t11-/m1/s1. The first-order chi connectivity index (χ1) is 7.56. The molecule has 0 radical (unpaired) electrons. The molecule has 0 heterocycles. The number of benzene rings is 1. The first kappa shape index (κ1) is 13.6. The van der Waals surface area contributed by atoms with Gasteiger partial charge < -0.3 is 10.8 Å². The minimum atomic E-state index is -0.0761. The van der Waals surface area contributed by atoms with Crippen molar-refractivity contribution in [3.8, 4) is 5.75 Å². The van der Waals surface area contributed by atoms with Gasteiger partial charge in [0.25, 0.3) is 0 Å². The van der Waals surface area contributed by atoms with Gasteiger partial charge in [0.2, 0.25) is 0 Å². The summed E-state index contributed by atoms with van der Waals surface area (Å²) in [4.78, 5) is 0. The third kappa shape index (κ3) is 3.55. The van der Waals surface area contributed by atoms with E-state index in [1.165, 1.54) is 12.8 Å². The summed E-state index contributed by atoms with van der Waals surface area (Å²) in [5.41, 5.74) is 6.90. The van der Waals surface area contributed by atoms with Crippen LogP contribution in [0.15, 0.2) is 12.1 Å². The van der Waals surface area contributed by atoms with E-state index in [9.17, 15) is 5.11 Å². The minimum Gasteiger partial charge on any atom is -0.505 e. The smallest absolute Gasteiger partial charge is 0.152 e. The van der Waals surface area contributed by atoms with Crippen molar-refractivity contribution < 1.29 is 5.11 Å². The van der Waals surface area contributed by atoms with Gasteiger partial charge in [0.15, 0.2) is 5.75 Å². The Morgan fingerprint density at radius 3 is 2.31 bits per heavy atom.